The van der Waals surface area contributed by atoms with Crippen molar-refractivity contribution >= 4 is 0 Å². The molecule has 0 fully saturated rings. The molecule has 0 aliphatic carbocycles. The van der Waals surface area contributed by atoms with E-state index in [1.54, 1.807) is 0 Å². The van der Waals surface area contributed by atoms with Gasteiger partial charge in [-0.25, -0.2) is 0 Å². The molecule has 0 atom stereocenters. The average molecular weight is 228 g/mol. The average Bonchev–Trinajstić information content (AvgIpc) is 2.13. The van der Waals surface area contributed by atoms with E-state index in [2.05, 4.69) is 51.8 Å². The molecule has 0 radical (unpaired) electrons. The maximum atomic E-state index is 3.54. The van der Waals surface area contributed by atoms with Crippen LogP contribution in [0.1, 0.15) is 60.8 Å². The quantitative estimate of drug-likeness (QED) is 0.641. The normalized spacial score (nSPS) is 12.8. The number of hydrogen-bond donors (Lipinski definition) is 1. The molecule has 2 nitrogen and oxygen atoms in total. The zero-order chi connectivity index (χ0) is 12.6. The molecule has 0 unspecified atom stereocenters. The standard InChI is InChI=1S/C14H32N2/c1-7-11-16(13(2)3)12-9-8-10-15-14(4,5)6/h13,15H,7-12H2,1-6H3. The van der Waals surface area contributed by atoms with Gasteiger partial charge in [0.1, 0.15) is 0 Å². The molecule has 0 rings (SSSR count). The SMILES string of the molecule is CCCN(CCCCNC(C)(C)C)C(C)C. The Morgan fingerprint density at radius 1 is 1.06 bits per heavy atom. The number of nitrogens with one attached hydrogen (secondary N) is 1. The van der Waals surface area contributed by atoms with Crippen LogP contribution in [0, 0.1) is 0 Å². The van der Waals surface area contributed by atoms with Crippen molar-refractivity contribution in [1.29, 1.82) is 0 Å². The van der Waals surface area contributed by atoms with Gasteiger partial charge in [0.05, 0.1) is 0 Å². The summed E-state index contributed by atoms with van der Waals surface area (Å²) in [6, 6.07) is 0.690. The minimum absolute atomic E-state index is 0.265. The van der Waals surface area contributed by atoms with Crippen LogP contribution in [0.4, 0.5) is 0 Å². The first kappa shape index (κ1) is 15.9. The number of rotatable bonds is 8. The molecule has 0 aromatic carbocycles. The Labute approximate surface area is 103 Å². The van der Waals surface area contributed by atoms with Gasteiger partial charge in [-0.1, -0.05) is 6.92 Å². The fourth-order valence-electron chi connectivity index (χ4n) is 1.82. The van der Waals surface area contributed by atoms with Gasteiger partial charge >= 0.3 is 0 Å². The predicted molar refractivity (Wildman–Crippen MR) is 74.0 cm³/mol. The van der Waals surface area contributed by atoms with Crippen LogP contribution in [0.25, 0.3) is 0 Å². The Kier molecular flexibility index (Phi) is 8.04. The third-order valence-corrected chi connectivity index (χ3v) is 2.77. The van der Waals surface area contributed by atoms with Gasteiger partial charge in [0.2, 0.25) is 0 Å². The smallest absolute Gasteiger partial charge is 0.00965 e. The monoisotopic (exact) mass is 228 g/mol. The highest BCUT2D eigenvalue weighted by molar-refractivity contribution is 4.70. The summed E-state index contributed by atoms with van der Waals surface area (Å²) < 4.78 is 0. The Morgan fingerprint density at radius 3 is 2.12 bits per heavy atom. The lowest BCUT2D eigenvalue weighted by atomic mass is 10.1. The van der Waals surface area contributed by atoms with Crippen molar-refractivity contribution in [2.75, 3.05) is 19.6 Å². The number of hydrogen-bond acceptors (Lipinski definition) is 2. The molecule has 0 bridgehead atoms. The van der Waals surface area contributed by atoms with Gasteiger partial charge in [-0.3, -0.25) is 0 Å². The van der Waals surface area contributed by atoms with Crippen molar-refractivity contribution in [3.05, 3.63) is 0 Å². The summed E-state index contributed by atoms with van der Waals surface area (Å²) in [6.07, 6.45) is 3.85. The molecule has 0 amide bonds. The van der Waals surface area contributed by atoms with Crippen molar-refractivity contribution in [3.63, 3.8) is 0 Å². The minimum Gasteiger partial charge on any atom is -0.312 e. The Balaban J connectivity index is 3.55. The molecule has 0 heterocycles. The van der Waals surface area contributed by atoms with Crippen LogP contribution in [0.15, 0.2) is 0 Å². The van der Waals surface area contributed by atoms with Gasteiger partial charge in [-0.15, -0.1) is 0 Å². The predicted octanol–water partition coefficient (Wildman–Crippen LogP) is 3.28. The summed E-state index contributed by atoms with van der Waals surface area (Å²) in [6.45, 7) is 17.2. The van der Waals surface area contributed by atoms with E-state index < -0.39 is 0 Å². The molecule has 0 saturated heterocycles. The van der Waals surface area contributed by atoms with Crippen molar-refractivity contribution < 1.29 is 0 Å². The first-order chi connectivity index (χ1) is 7.37. The Morgan fingerprint density at radius 2 is 1.69 bits per heavy atom. The van der Waals surface area contributed by atoms with Crippen LogP contribution in [0.3, 0.4) is 0 Å². The van der Waals surface area contributed by atoms with Gasteiger partial charge < -0.3 is 10.2 Å². The molecular formula is C14H32N2. The summed E-state index contributed by atoms with van der Waals surface area (Å²) in [5, 5.41) is 3.54. The second-order valence-electron chi connectivity index (χ2n) is 6.01. The molecule has 0 aromatic heterocycles. The molecule has 0 spiro atoms. The lowest BCUT2D eigenvalue weighted by Gasteiger charge is -2.26. The fraction of sp³-hybridized carbons (Fsp3) is 1.00. The van der Waals surface area contributed by atoms with Crippen LogP contribution in [-0.4, -0.2) is 36.1 Å². The van der Waals surface area contributed by atoms with Gasteiger partial charge in [0, 0.05) is 11.6 Å². The second-order valence-corrected chi connectivity index (χ2v) is 6.01. The fourth-order valence-corrected chi connectivity index (χ4v) is 1.82. The van der Waals surface area contributed by atoms with Crippen molar-refractivity contribution in [1.82, 2.24) is 10.2 Å². The van der Waals surface area contributed by atoms with E-state index in [1.165, 1.54) is 32.4 Å². The highest BCUT2D eigenvalue weighted by Crippen LogP contribution is 2.03. The first-order valence-electron chi connectivity index (χ1n) is 6.86. The first-order valence-corrected chi connectivity index (χ1v) is 6.86. The highest BCUT2D eigenvalue weighted by atomic mass is 15.1. The summed E-state index contributed by atoms with van der Waals surface area (Å²) in [7, 11) is 0. The molecular weight excluding hydrogens is 196 g/mol. The highest BCUT2D eigenvalue weighted by Gasteiger charge is 2.09. The van der Waals surface area contributed by atoms with Gasteiger partial charge in [0.15, 0.2) is 0 Å². The maximum Gasteiger partial charge on any atom is 0.00965 e. The van der Waals surface area contributed by atoms with Crippen LogP contribution in [0.2, 0.25) is 0 Å². The molecule has 1 N–H and O–H groups in total. The molecule has 0 aliphatic heterocycles. The topological polar surface area (TPSA) is 15.3 Å². The van der Waals surface area contributed by atoms with E-state index in [1.807, 2.05) is 0 Å². The molecule has 98 valence electrons. The van der Waals surface area contributed by atoms with Gasteiger partial charge in [-0.2, -0.15) is 0 Å². The van der Waals surface area contributed by atoms with Crippen LogP contribution < -0.4 is 5.32 Å². The lowest BCUT2D eigenvalue weighted by Crippen LogP contribution is -2.37. The third-order valence-electron chi connectivity index (χ3n) is 2.77. The molecule has 0 saturated carbocycles. The lowest BCUT2D eigenvalue weighted by molar-refractivity contribution is 0.217. The van der Waals surface area contributed by atoms with Crippen molar-refractivity contribution in [2.24, 2.45) is 0 Å². The number of unbranched alkanes of at least 4 members (excludes halogenated alkanes) is 1. The molecule has 0 aromatic rings. The maximum absolute atomic E-state index is 3.54. The van der Waals surface area contributed by atoms with E-state index in [0.29, 0.717) is 6.04 Å². The third kappa shape index (κ3) is 9.17. The van der Waals surface area contributed by atoms with Gasteiger partial charge in [-0.05, 0) is 73.5 Å². The van der Waals surface area contributed by atoms with Crippen LogP contribution >= 0.6 is 0 Å². The Hall–Kier alpha value is -0.0800. The van der Waals surface area contributed by atoms with Crippen molar-refractivity contribution in [3.8, 4) is 0 Å². The van der Waals surface area contributed by atoms with E-state index in [-0.39, 0.29) is 5.54 Å². The van der Waals surface area contributed by atoms with Crippen molar-refractivity contribution in [2.45, 2.75) is 72.4 Å². The second kappa shape index (κ2) is 8.08. The van der Waals surface area contributed by atoms with E-state index in [4.69, 9.17) is 0 Å². The van der Waals surface area contributed by atoms with E-state index in [0.717, 1.165) is 6.54 Å². The van der Waals surface area contributed by atoms with Gasteiger partial charge in [0.25, 0.3) is 0 Å². The minimum atomic E-state index is 0.265. The summed E-state index contributed by atoms with van der Waals surface area (Å²) in [5.41, 5.74) is 0.265. The summed E-state index contributed by atoms with van der Waals surface area (Å²) in [4.78, 5) is 2.58. The number of nitrogens with zero attached hydrogens (tertiary/aromatic N) is 1. The van der Waals surface area contributed by atoms with E-state index >= 15 is 0 Å². The summed E-state index contributed by atoms with van der Waals surface area (Å²) >= 11 is 0. The van der Waals surface area contributed by atoms with Crippen LogP contribution in [0.5, 0.6) is 0 Å². The van der Waals surface area contributed by atoms with E-state index in [9.17, 15) is 0 Å². The zero-order valence-corrected chi connectivity index (χ0v) is 12.3. The van der Waals surface area contributed by atoms with Crippen LogP contribution in [-0.2, 0) is 0 Å². The Bertz CT molecular complexity index is 159. The molecule has 16 heavy (non-hydrogen) atoms. The zero-order valence-electron chi connectivity index (χ0n) is 12.3. The largest absolute Gasteiger partial charge is 0.312 e. The molecule has 2 heteroatoms. The summed E-state index contributed by atoms with van der Waals surface area (Å²) in [5.74, 6) is 0. The molecule has 0 aliphatic rings.